The van der Waals surface area contributed by atoms with E-state index in [0.717, 1.165) is 28.3 Å². The van der Waals surface area contributed by atoms with Gasteiger partial charge >= 0.3 is 12.1 Å². The fourth-order valence-corrected chi connectivity index (χ4v) is 4.03. The fourth-order valence-electron chi connectivity index (χ4n) is 3.05. The van der Waals surface area contributed by atoms with E-state index in [4.69, 9.17) is 14.6 Å². The number of carbonyl (C=O) groups is 1. The third-order valence-electron chi connectivity index (χ3n) is 4.70. The lowest BCUT2D eigenvalue weighted by atomic mass is 10.1. The van der Waals surface area contributed by atoms with Crippen LogP contribution < -0.4 is 4.74 Å². The summed E-state index contributed by atoms with van der Waals surface area (Å²) < 4.78 is 49.6. The Morgan fingerprint density at radius 1 is 1.12 bits per heavy atom. The van der Waals surface area contributed by atoms with Crippen molar-refractivity contribution in [2.75, 3.05) is 6.61 Å². The van der Waals surface area contributed by atoms with Crippen molar-refractivity contribution in [2.24, 2.45) is 0 Å². The molecular weight excluding hydrogens is 443 g/mol. The molecule has 3 rings (SSSR count). The lowest BCUT2D eigenvalue weighted by Gasteiger charge is -2.16. The number of hydrogen-bond donors (Lipinski definition) is 1. The number of carboxylic acid groups (broad SMARTS) is 1. The van der Waals surface area contributed by atoms with Gasteiger partial charge in [0.15, 0.2) is 0 Å². The van der Waals surface area contributed by atoms with Gasteiger partial charge in [0, 0.05) is 12.2 Å². The van der Waals surface area contributed by atoms with Crippen LogP contribution in [0, 0.1) is 6.92 Å². The SMILES string of the molecule is CCOC(CC(=O)O)c1ccc(OCc2sc(-c3ccc(C(F)(F)F)cc3)nc2C)cc1. The summed E-state index contributed by atoms with van der Waals surface area (Å²) in [6.45, 7) is 4.29. The van der Waals surface area contributed by atoms with E-state index in [9.17, 15) is 18.0 Å². The van der Waals surface area contributed by atoms with Gasteiger partial charge in [-0.1, -0.05) is 24.3 Å². The third kappa shape index (κ3) is 6.08. The van der Waals surface area contributed by atoms with Crippen LogP contribution in [0.4, 0.5) is 13.2 Å². The first-order valence-corrected chi connectivity index (χ1v) is 10.7. The number of carboxylic acids is 1. The highest BCUT2D eigenvalue weighted by Crippen LogP contribution is 2.33. The Balaban J connectivity index is 1.66. The Hall–Kier alpha value is -2.91. The van der Waals surface area contributed by atoms with Crippen LogP contribution in [0.25, 0.3) is 10.6 Å². The first-order chi connectivity index (χ1) is 15.2. The normalized spacial score (nSPS) is 12.5. The lowest BCUT2D eigenvalue weighted by molar-refractivity contribution is -0.140. The molecule has 32 heavy (non-hydrogen) atoms. The number of aliphatic carboxylic acids is 1. The minimum Gasteiger partial charge on any atom is -0.488 e. The van der Waals surface area contributed by atoms with Crippen LogP contribution in [-0.4, -0.2) is 22.7 Å². The van der Waals surface area contributed by atoms with E-state index < -0.39 is 23.8 Å². The van der Waals surface area contributed by atoms with E-state index in [2.05, 4.69) is 4.98 Å². The number of alkyl halides is 3. The van der Waals surface area contributed by atoms with Crippen molar-refractivity contribution < 1.29 is 32.5 Å². The quantitative estimate of drug-likeness (QED) is 0.403. The van der Waals surface area contributed by atoms with Crippen LogP contribution in [0.1, 0.15) is 41.1 Å². The van der Waals surface area contributed by atoms with E-state index >= 15 is 0 Å². The molecule has 0 saturated carbocycles. The summed E-state index contributed by atoms with van der Waals surface area (Å²) >= 11 is 1.36. The average Bonchev–Trinajstić information content (AvgIpc) is 3.12. The summed E-state index contributed by atoms with van der Waals surface area (Å²) in [7, 11) is 0. The van der Waals surface area contributed by atoms with Gasteiger partial charge in [-0.3, -0.25) is 4.79 Å². The smallest absolute Gasteiger partial charge is 0.416 e. The average molecular weight is 465 g/mol. The number of aromatic nitrogens is 1. The molecule has 1 heterocycles. The first kappa shape index (κ1) is 23.7. The van der Waals surface area contributed by atoms with Gasteiger partial charge in [0.1, 0.15) is 17.4 Å². The highest BCUT2D eigenvalue weighted by molar-refractivity contribution is 7.15. The van der Waals surface area contributed by atoms with Gasteiger partial charge in [-0.15, -0.1) is 11.3 Å². The van der Waals surface area contributed by atoms with Gasteiger partial charge in [-0.05, 0) is 43.7 Å². The van der Waals surface area contributed by atoms with Crippen LogP contribution in [0.2, 0.25) is 0 Å². The lowest BCUT2D eigenvalue weighted by Crippen LogP contribution is -2.10. The Bertz CT molecular complexity index is 1050. The highest BCUT2D eigenvalue weighted by atomic mass is 32.1. The van der Waals surface area contributed by atoms with Gasteiger partial charge < -0.3 is 14.6 Å². The molecule has 0 amide bonds. The van der Waals surface area contributed by atoms with Gasteiger partial charge in [0.05, 0.1) is 28.7 Å². The molecule has 5 nitrogen and oxygen atoms in total. The Labute approximate surface area is 187 Å². The zero-order valence-electron chi connectivity index (χ0n) is 17.5. The Kier molecular flexibility index (Phi) is 7.52. The molecule has 0 radical (unpaired) electrons. The molecular formula is C23H22F3NO4S. The number of benzene rings is 2. The molecule has 0 aliphatic carbocycles. The molecule has 0 spiro atoms. The molecule has 1 unspecified atom stereocenters. The van der Waals surface area contributed by atoms with Crippen molar-refractivity contribution in [3.63, 3.8) is 0 Å². The molecule has 1 aromatic heterocycles. The van der Waals surface area contributed by atoms with E-state index in [0.29, 0.717) is 22.9 Å². The number of thiazole rings is 1. The van der Waals surface area contributed by atoms with E-state index in [1.54, 1.807) is 24.3 Å². The molecule has 0 saturated heterocycles. The van der Waals surface area contributed by atoms with Crippen molar-refractivity contribution in [1.29, 1.82) is 0 Å². The molecule has 1 atom stereocenters. The van der Waals surface area contributed by atoms with Crippen LogP contribution >= 0.6 is 11.3 Å². The maximum Gasteiger partial charge on any atom is 0.416 e. The summed E-state index contributed by atoms with van der Waals surface area (Å²) in [5, 5.41) is 9.66. The van der Waals surface area contributed by atoms with Gasteiger partial charge in [0.25, 0.3) is 0 Å². The second kappa shape index (κ2) is 10.1. The molecule has 2 aromatic carbocycles. The number of rotatable bonds is 9. The number of hydrogen-bond acceptors (Lipinski definition) is 5. The first-order valence-electron chi connectivity index (χ1n) is 9.87. The van der Waals surface area contributed by atoms with E-state index in [-0.39, 0.29) is 13.0 Å². The zero-order valence-corrected chi connectivity index (χ0v) is 18.3. The molecule has 170 valence electrons. The van der Waals surface area contributed by atoms with Crippen LogP contribution in [0.5, 0.6) is 5.75 Å². The number of nitrogens with zero attached hydrogens (tertiary/aromatic N) is 1. The predicted octanol–water partition coefficient (Wildman–Crippen LogP) is 6.27. The summed E-state index contributed by atoms with van der Waals surface area (Å²) in [4.78, 5) is 16.3. The van der Waals surface area contributed by atoms with Gasteiger partial charge in [0.2, 0.25) is 0 Å². The van der Waals surface area contributed by atoms with Crippen molar-refractivity contribution in [3.05, 3.63) is 70.2 Å². The number of halogens is 3. The fraction of sp³-hybridized carbons (Fsp3) is 0.304. The van der Waals surface area contributed by atoms with Crippen molar-refractivity contribution in [3.8, 4) is 16.3 Å². The monoisotopic (exact) mass is 465 g/mol. The minimum atomic E-state index is -4.37. The summed E-state index contributed by atoms with van der Waals surface area (Å²) in [6, 6.07) is 11.9. The summed E-state index contributed by atoms with van der Waals surface area (Å²) in [6.07, 6.45) is -5.02. The number of ether oxygens (including phenoxy) is 2. The third-order valence-corrected chi connectivity index (χ3v) is 5.88. The molecule has 3 aromatic rings. The van der Waals surface area contributed by atoms with Crippen LogP contribution in [-0.2, 0) is 22.3 Å². The molecule has 0 bridgehead atoms. The Morgan fingerprint density at radius 2 is 1.78 bits per heavy atom. The highest BCUT2D eigenvalue weighted by Gasteiger charge is 2.30. The largest absolute Gasteiger partial charge is 0.488 e. The minimum absolute atomic E-state index is 0.124. The Morgan fingerprint density at radius 3 is 2.34 bits per heavy atom. The molecule has 9 heteroatoms. The second-order valence-electron chi connectivity index (χ2n) is 7.00. The molecule has 0 aliphatic rings. The van der Waals surface area contributed by atoms with Crippen molar-refractivity contribution >= 4 is 17.3 Å². The zero-order chi connectivity index (χ0) is 23.3. The van der Waals surface area contributed by atoms with Crippen LogP contribution in [0.3, 0.4) is 0 Å². The van der Waals surface area contributed by atoms with Crippen molar-refractivity contribution in [1.82, 2.24) is 4.98 Å². The number of aryl methyl sites for hydroxylation is 1. The van der Waals surface area contributed by atoms with Crippen LogP contribution in [0.15, 0.2) is 48.5 Å². The molecule has 1 N–H and O–H groups in total. The van der Waals surface area contributed by atoms with Gasteiger partial charge in [-0.25, -0.2) is 4.98 Å². The predicted molar refractivity (Wildman–Crippen MR) is 115 cm³/mol. The van der Waals surface area contributed by atoms with E-state index in [1.165, 1.54) is 23.5 Å². The summed E-state index contributed by atoms with van der Waals surface area (Å²) in [5.41, 5.74) is 1.41. The molecule has 0 fully saturated rings. The topological polar surface area (TPSA) is 68.7 Å². The molecule has 0 aliphatic heterocycles. The maximum atomic E-state index is 12.8. The van der Waals surface area contributed by atoms with Crippen molar-refractivity contribution in [2.45, 2.75) is 39.2 Å². The van der Waals surface area contributed by atoms with E-state index in [1.807, 2.05) is 13.8 Å². The summed E-state index contributed by atoms with van der Waals surface area (Å²) in [5.74, 6) is -0.337. The maximum absolute atomic E-state index is 12.8. The second-order valence-corrected chi connectivity index (χ2v) is 8.09. The standard InChI is InChI=1S/C23H22F3NO4S/c1-3-30-19(12-21(28)29)15-6-10-18(11-7-15)31-13-20-14(2)27-22(32-20)16-4-8-17(9-5-16)23(24,25)26/h4-11,19H,3,12-13H2,1-2H3,(H,28,29). The van der Waals surface area contributed by atoms with Gasteiger partial charge in [-0.2, -0.15) is 13.2 Å².